The number of carbonyl (C=O) groups excluding carboxylic acids is 1. The molecule has 1 aliphatic rings. The van der Waals surface area contributed by atoms with E-state index in [2.05, 4.69) is 13.8 Å². The maximum absolute atomic E-state index is 12.9. The first kappa shape index (κ1) is 27.5. The largest absolute Gasteiger partial charge is 0.494 e. The zero-order chi connectivity index (χ0) is 25.9. The average Bonchev–Trinajstić information content (AvgIpc) is 2.86. The Morgan fingerprint density at radius 1 is 1.08 bits per heavy atom. The molecule has 1 fully saturated rings. The molecular weight excluding hydrogens is 460 g/mol. The van der Waals surface area contributed by atoms with Gasteiger partial charge in [-0.2, -0.15) is 0 Å². The van der Waals surface area contributed by atoms with E-state index in [1.165, 1.54) is 6.07 Å². The minimum Gasteiger partial charge on any atom is -0.494 e. The Labute approximate surface area is 213 Å². The van der Waals surface area contributed by atoms with Gasteiger partial charge in [0, 0.05) is 18.4 Å². The summed E-state index contributed by atoms with van der Waals surface area (Å²) in [5.74, 6) is -0.295. The Morgan fingerprint density at radius 3 is 2.50 bits per heavy atom. The topological polar surface area (TPSA) is 91.3 Å². The summed E-state index contributed by atoms with van der Waals surface area (Å²) in [5.41, 5.74) is 0.915. The molecule has 0 aliphatic carbocycles. The van der Waals surface area contributed by atoms with Crippen LogP contribution in [0.1, 0.15) is 82.5 Å². The number of rotatable bonds is 13. The van der Waals surface area contributed by atoms with Gasteiger partial charge in [0.2, 0.25) is 0 Å². The Bertz CT molecular complexity index is 993. The number of hydrogen-bond acceptors (Lipinski definition) is 6. The van der Waals surface area contributed by atoms with E-state index in [-0.39, 0.29) is 23.7 Å². The van der Waals surface area contributed by atoms with Gasteiger partial charge < -0.3 is 24.1 Å². The van der Waals surface area contributed by atoms with Gasteiger partial charge in [0.05, 0.1) is 18.8 Å². The average molecular weight is 499 g/mol. The van der Waals surface area contributed by atoms with Gasteiger partial charge in [-0.05, 0) is 55.0 Å². The first-order valence-electron chi connectivity index (χ1n) is 13.0. The lowest BCUT2D eigenvalue weighted by molar-refractivity contribution is -0.136. The van der Waals surface area contributed by atoms with Crippen molar-refractivity contribution in [2.75, 3.05) is 13.2 Å². The van der Waals surface area contributed by atoms with Crippen LogP contribution in [0.3, 0.4) is 0 Å². The van der Waals surface area contributed by atoms with Gasteiger partial charge in [-0.3, -0.25) is 4.79 Å². The number of unbranched alkanes of at least 4 members (excludes halogenated alkanes) is 1. The molecule has 1 aliphatic heterocycles. The van der Waals surface area contributed by atoms with Crippen LogP contribution in [0.2, 0.25) is 0 Å². The first-order valence-corrected chi connectivity index (χ1v) is 13.0. The van der Waals surface area contributed by atoms with Gasteiger partial charge in [0.25, 0.3) is 0 Å². The summed E-state index contributed by atoms with van der Waals surface area (Å²) in [5, 5.41) is 9.98. The lowest BCUT2D eigenvalue weighted by Crippen LogP contribution is -2.25. The van der Waals surface area contributed by atoms with E-state index in [1.54, 1.807) is 30.3 Å². The molecule has 1 heterocycles. The SMILES string of the molecule is CCCCOc1ccc(-c2c(C(=O)O)ccc(OC3CCCCO3)c2OC(=O)CC(C)CCC)cc1. The van der Waals surface area contributed by atoms with Crippen molar-refractivity contribution in [2.24, 2.45) is 5.92 Å². The first-order chi connectivity index (χ1) is 17.4. The fraction of sp³-hybridized carbons (Fsp3) is 0.517. The van der Waals surface area contributed by atoms with E-state index < -0.39 is 18.2 Å². The van der Waals surface area contributed by atoms with Crippen molar-refractivity contribution in [3.05, 3.63) is 42.0 Å². The highest BCUT2D eigenvalue weighted by Crippen LogP contribution is 2.43. The summed E-state index contributed by atoms with van der Waals surface area (Å²) in [4.78, 5) is 25.1. The highest BCUT2D eigenvalue weighted by Gasteiger charge is 2.26. The van der Waals surface area contributed by atoms with Crippen LogP contribution >= 0.6 is 0 Å². The third-order valence-electron chi connectivity index (χ3n) is 6.17. The quantitative estimate of drug-likeness (QED) is 0.183. The highest BCUT2D eigenvalue weighted by atomic mass is 16.7. The zero-order valence-corrected chi connectivity index (χ0v) is 21.6. The van der Waals surface area contributed by atoms with Crippen molar-refractivity contribution in [3.8, 4) is 28.4 Å². The van der Waals surface area contributed by atoms with E-state index in [1.807, 2.05) is 6.92 Å². The van der Waals surface area contributed by atoms with Gasteiger partial charge in [-0.15, -0.1) is 0 Å². The molecule has 0 saturated carbocycles. The molecule has 2 unspecified atom stereocenters. The molecule has 7 nitrogen and oxygen atoms in total. The Morgan fingerprint density at radius 2 is 1.86 bits per heavy atom. The number of carbonyl (C=O) groups is 2. The van der Waals surface area contributed by atoms with Crippen molar-refractivity contribution < 1.29 is 33.6 Å². The van der Waals surface area contributed by atoms with Gasteiger partial charge >= 0.3 is 11.9 Å². The predicted molar refractivity (Wildman–Crippen MR) is 138 cm³/mol. The van der Waals surface area contributed by atoms with Crippen molar-refractivity contribution in [1.82, 2.24) is 0 Å². The number of benzene rings is 2. The molecule has 1 N–H and O–H groups in total. The lowest BCUT2D eigenvalue weighted by atomic mass is 9.97. The molecule has 1 saturated heterocycles. The molecule has 2 atom stereocenters. The Kier molecular flexibility index (Phi) is 10.6. The van der Waals surface area contributed by atoms with E-state index in [9.17, 15) is 14.7 Å². The van der Waals surface area contributed by atoms with Crippen molar-refractivity contribution in [2.45, 2.75) is 78.4 Å². The van der Waals surface area contributed by atoms with Crippen LogP contribution in [0.25, 0.3) is 11.1 Å². The molecule has 196 valence electrons. The van der Waals surface area contributed by atoms with Crippen LogP contribution in [0, 0.1) is 5.92 Å². The normalized spacial score (nSPS) is 16.2. The summed E-state index contributed by atoms with van der Waals surface area (Å²) in [6, 6.07) is 10.2. The standard InChI is InChI=1S/C29H38O7/c1-4-6-17-33-22-13-11-21(12-14-22)27-23(29(31)32)15-16-24(35-26-10-7-8-18-34-26)28(27)36-25(30)19-20(3)9-5-2/h11-16,20,26H,4-10,17-19H2,1-3H3,(H,31,32). The summed E-state index contributed by atoms with van der Waals surface area (Å²) < 4.78 is 23.5. The van der Waals surface area contributed by atoms with Crippen molar-refractivity contribution >= 4 is 11.9 Å². The minimum atomic E-state index is -1.12. The number of carboxylic acid groups (broad SMARTS) is 1. The van der Waals surface area contributed by atoms with E-state index in [0.29, 0.717) is 42.3 Å². The minimum absolute atomic E-state index is 0.0240. The summed E-state index contributed by atoms with van der Waals surface area (Å²) in [6.07, 6.45) is 6.24. The number of esters is 1. The fourth-order valence-electron chi connectivity index (χ4n) is 4.26. The summed E-state index contributed by atoms with van der Waals surface area (Å²) >= 11 is 0. The third-order valence-corrected chi connectivity index (χ3v) is 6.17. The van der Waals surface area contributed by atoms with Crippen LogP contribution in [0.15, 0.2) is 36.4 Å². The molecule has 0 aromatic heterocycles. The van der Waals surface area contributed by atoms with Crippen LogP contribution in [-0.4, -0.2) is 36.5 Å². The molecule has 0 amide bonds. The summed E-state index contributed by atoms with van der Waals surface area (Å²) in [7, 11) is 0. The number of carboxylic acids is 1. The summed E-state index contributed by atoms with van der Waals surface area (Å²) in [6.45, 7) is 7.37. The van der Waals surface area contributed by atoms with Gasteiger partial charge in [-0.25, -0.2) is 4.79 Å². The Balaban J connectivity index is 2.01. The van der Waals surface area contributed by atoms with Crippen molar-refractivity contribution in [3.63, 3.8) is 0 Å². The second kappa shape index (κ2) is 13.9. The lowest BCUT2D eigenvalue weighted by Gasteiger charge is -2.25. The number of hydrogen-bond donors (Lipinski definition) is 1. The molecule has 0 spiro atoms. The van der Waals surface area contributed by atoms with Gasteiger partial charge in [-0.1, -0.05) is 52.2 Å². The number of ether oxygens (including phenoxy) is 4. The van der Waals surface area contributed by atoms with Crippen LogP contribution in [-0.2, 0) is 9.53 Å². The second-order valence-corrected chi connectivity index (χ2v) is 9.33. The van der Waals surface area contributed by atoms with E-state index in [0.717, 1.165) is 38.5 Å². The molecule has 2 aromatic carbocycles. The predicted octanol–water partition coefficient (Wildman–Crippen LogP) is 6.87. The maximum atomic E-state index is 12.9. The zero-order valence-electron chi connectivity index (χ0n) is 21.6. The molecule has 0 radical (unpaired) electrons. The molecular formula is C29H38O7. The highest BCUT2D eigenvalue weighted by molar-refractivity contribution is 5.99. The molecule has 0 bridgehead atoms. The number of aromatic carboxylic acids is 1. The van der Waals surface area contributed by atoms with E-state index in [4.69, 9.17) is 18.9 Å². The smallest absolute Gasteiger partial charge is 0.336 e. The third kappa shape index (κ3) is 7.72. The Hall–Kier alpha value is -3.06. The van der Waals surface area contributed by atoms with Crippen molar-refractivity contribution in [1.29, 1.82) is 0 Å². The molecule has 7 heteroatoms. The molecule has 3 rings (SSSR count). The van der Waals surface area contributed by atoms with Gasteiger partial charge in [0.1, 0.15) is 5.75 Å². The van der Waals surface area contributed by atoms with Gasteiger partial charge in [0.15, 0.2) is 17.8 Å². The van der Waals surface area contributed by atoms with E-state index >= 15 is 0 Å². The second-order valence-electron chi connectivity index (χ2n) is 9.33. The molecule has 36 heavy (non-hydrogen) atoms. The van der Waals surface area contributed by atoms with Crippen LogP contribution in [0.5, 0.6) is 17.2 Å². The fourth-order valence-corrected chi connectivity index (χ4v) is 4.26. The maximum Gasteiger partial charge on any atom is 0.336 e. The van der Waals surface area contributed by atoms with Crippen LogP contribution < -0.4 is 14.2 Å². The molecule has 2 aromatic rings. The van der Waals surface area contributed by atoms with Crippen LogP contribution in [0.4, 0.5) is 0 Å². The monoisotopic (exact) mass is 498 g/mol.